The second kappa shape index (κ2) is 30.3. The third kappa shape index (κ3) is 30.1. The van der Waals surface area contributed by atoms with Crippen LogP contribution in [0.2, 0.25) is 0 Å². The minimum atomic E-state index is -1.21. The zero-order chi connectivity index (χ0) is 27.4. The van der Waals surface area contributed by atoms with Gasteiger partial charge in [-0.3, -0.25) is 28.0 Å². The largest absolute Gasteiger partial charge is 0.396 e. The van der Waals surface area contributed by atoms with Crippen LogP contribution in [-0.2, 0) is 21.6 Å². The van der Waals surface area contributed by atoms with Gasteiger partial charge >= 0.3 is 0 Å². The average Bonchev–Trinajstić information content (AvgIpc) is 2.88. The third-order valence-corrected chi connectivity index (χ3v) is 13.6. The molecule has 10 nitrogen and oxygen atoms in total. The van der Waals surface area contributed by atoms with Crippen molar-refractivity contribution in [3.05, 3.63) is 0 Å². The quantitative estimate of drug-likeness (QED) is 0.0500. The number of carbonyl (C=O) groups excluding carboxylic acids is 2. The fourth-order valence-corrected chi connectivity index (χ4v) is 10.2. The number of aliphatic hydroxyl groups is 2. The van der Waals surface area contributed by atoms with Gasteiger partial charge in [-0.05, 0) is 0 Å². The van der Waals surface area contributed by atoms with Gasteiger partial charge in [0.15, 0.2) is 0 Å². The molecule has 2 unspecified atom stereocenters. The summed E-state index contributed by atoms with van der Waals surface area (Å²) in [5, 5.41) is 25.9. The SMILES string of the molecule is O=C(NCSCSC/N=C\S(=O)CSCSCSC(=O)NCSCSC/N=C\S(=O)CCO)SCCO. The second-order valence-electron chi connectivity index (χ2n) is 5.77. The van der Waals surface area contributed by atoms with Gasteiger partial charge in [0, 0.05) is 26.1 Å². The molecule has 0 aliphatic heterocycles. The number of aliphatic imine (C=N–C) groups is 2. The molecule has 0 rings (SSSR count). The Morgan fingerprint density at radius 1 is 0.703 bits per heavy atom. The van der Waals surface area contributed by atoms with Gasteiger partial charge in [0.05, 0.1) is 80.3 Å². The number of nitrogens with one attached hydrogen (secondary N) is 2. The molecule has 0 bridgehead atoms. The van der Waals surface area contributed by atoms with Gasteiger partial charge in [-0.15, -0.1) is 70.6 Å². The van der Waals surface area contributed by atoms with Crippen molar-refractivity contribution < 1.29 is 28.2 Å². The summed E-state index contributed by atoms with van der Waals surface area (Å²) in [7, 11) is -2.34. The van der Waals surface area contributed by atoms with Gasteiger partial charge in [-0.1, -0.05) is 23.5 Å². The molecular formula is C17H32N4O6S10. The highest BCUT2D eigenvalue weighted by Crippen LogP contribution is 2.19. The van der Waals surface area contributed by atoms with Crippen LogP contribution >= 0.6 is 94.1 Å². The highest BCUT2D eigenvalue weighted by atomic mass is 32.3. The Bertz CT molecular complexity index is 707. The summed E-state index contributed by atoms with van der Waals surface area (Å²) < 4.78 is 23.2. The fraction of sp³-hybridized carbons (Fsp3) is 0.765. The molecule has 216 valence electrons. The van der Waals surface area contributed by atoms with Crippen LogP contribution in [-0.4, -0.2) is 114 Å². The van der Waals surface area contributed by atoms with E-state index in [1.165, 1.54) is 34.6 Å². The first kappa shape index (κ1) is 38.3. The van der Waals surface area contributed by atoms with Crippen molar-refractivity contribution in [1.29, 1.82) is 0 Å². The van der Waals surface area contributed by atoms with Gasteiger partial charge in [0.25, 0.3) is 10.5 Å². The van der Waals surface area contributed by atoms with E-state index in [1.807, 2.05) is 0 Å². The minimum absolute atomic E-state index is 0.0184. The third-order valence-electron chi connectivity index (χ3n) is 2.94. The van der Waals surface area contributed by atoms with Crippen molar-refractivity contribution in [2.45, 2.75) is 0 Å². The molecule has 0 saturated carbocycles. The molecule has 2 amide bonds. The number of hydrogen-bond donors (Lipinski definition) is 4. The van der Waals surface area contributed by atoms with Crippen molar-refractivity contribution in [3.63, 3.8) is 0 Å². The van der Waals surface area contributed by atoms with Gasteiger partial charge in [-0.25, -0.2) is 0 Å². The Hall–Kier alpha value is 1.30. The first-order valence-corrected chi connectivity index (χ1v) is 21.9. The molecule has 4 N–H and O–H groups in total. The maximum atomic E-state index is 11.9. The molecule has 0 aromatic carbocycles. The van der Waals surface area contributed by atoms with E-state index in [1.54, 1.807) is 58.8 Å². The van der Waals surface area contributed by atoms with Crippen molar-refractivity contribution in [1.82, 2.24) is 10.6 Å². The van der Waals surface area contributed by atoms with E-state index >= 15 is 0 Å². The summed E-state index contributed by atoms with van der Waals surface area (Å²) in [4.78, 5) is 31.3. The van der Waals surface area contributed by atoms with Gasteiger partial charge in [-0.2, -0.15) is 0 Å². The summed E-state index contributed by atoms with van der Waals surface area (Å²) in [5.74, 6) is 2.61. The number of carbonyl (C=O) groups is 2. The van der Waals surface area contributed by atoms with E-state index in [-0.39, 0.29) is 29.4 Å². The number of aliphatic hydroxyl groups excluding tert-OH is 2. The molecule has 0 aliphatic carbocycles. The van der Waals surface area contributed by atoms with Crippen LogP contribution in [0.4, 0.5) is 9.59 Å². The molecule has 0 aromatic rings. The van der Waals surface area contributed by atoms with E-state index in [0.29, 0.717) is 39.4 Å². The maximum Gasteiger partial charge on any atom is 0.280 e. The molecule has 0 fully saturated rings. The van der Waals surface area contributed by atoms with Crippen LogP contribution in [0, 0.1) is 0 Å². The summed E-state index contributed by atoms with van der Waals surface area (Å²) >= 11 is 11.6. The molecule has 0 heterocycles. The second-order valence-corrected chi connectivity index (χ2v) is 18.1. The number of hydrogen-bond acceptors (Lipinski definition) is 16. The smallest absolute Gasteiger partial charge is 0.280 e. The zero-order valence-electron chi connectivity index (χ0n) is 19.9. The molecule has 0 aromatic heterocycles. The molecular weight excluding hydrogens is 677 g/mol. The topological polar surface area (TPSA) is 158 Å². The summed E-state index contributed by atoms with van der Waals surface area (Å²) in [6.45, 7) is -0.137. The van der Waals surface area contributed by atoms with Gasteiger partial charge in [0.1, 0.15) is 0 Å². The predicted molar refractivity (Wildman–Crippen MR) is 179 cm³/mol. The monoisotopic (exact) mass is 708 g/mol. The lowest BCUT2D eigenvalue weighted by atomic mass is 10.9. The first-order valence-electron chi connectivity index (χ1n) is 10.2. The number of nitrogens with zero attached hydrogens (tertiary/aromatic N) is 2. The molecule has 20 heteroatoms. The maximum absolute atomic E-state index is 11.9. The highest BCUT2D eigenvalue weighted by molar-refractivity contribution is 8.28. The van der Waals surface area contributed by atoms with E-state index in [9.17, 15) is 18.0 Å². The Balaban J connectivity index is 3.47. The van der Waals surface area contributed by atoms with Crippen LogP contribution in [0.25, 0.3) is 0 Å². The Kier molecular flexibility index (Phi) is 31.3. The van der Waals surface area contributed by atoms with Crippen molar-refractivity contribution in [3.8, 4) is 0 Å². The number of thioether (sulfide) groups is 8. The van der Waals surface area contributed by atoms with E-state index < -0.39 is 21.6 Å². The van der Waals surface area contributed by atoms with Crippen LogP contribution in [0.1, 0.15) is 0 Å². The lowest BCUT2D eigenvalue weighted by Crippen LogP contribution is -2.18. The predicted octanol–water partition coefficient (Wildman–Crippen LogP) is 3.43. The lowest BCUT2D eigenvalue weighted by molar-refractivity contribution is 0.261. The van der Waals surface area contributed by atoms with Gasteiger partial charge in [0.2, 0.25) is 0 Å². The lowest BCUT2D eigenvalue weighted by Gasteiger charge is -2.04. The Labute approximate surface area is 257 Å². The number of amides is 2. The first-order chi connectivity index (χ1) is 18.0. The number of rotatable bonds is 24. The van der Waals surface area contributed by atoms with Crippen molar-refractivity contribution in [2.24, 2.45) is 9.98 Å². The Morgan fingerprint density at radius 2 is 1.27 bits per heavy atom. The normalized spacial score (nSPS) is 13.2. The fourth-order valence-electron chi connectivity index (χ4n) is 1.55. The van der Waals surface area contributed by atoms with Crippen LogP contribution < -0.4 is 10.6 Å². The summed E-state index contributed by atoms with van der Waals surface area (Å²) in [6.07, 6.45) is 0. The molecule has 0 radical (unpaired) electrons. The standard InChI is InChI=1S/C17H32N4O6S10/c22-1-3-34-16(24)20-7-30-12-29-6-19-10-37(27)15-33-13-32-14-35-17(25)21-8-31-11-28-5-18-9-36(26)4-2-23/h9-10,22-23H,1-8,11-15H2,(H,20,24)(H,21,25)/b18-9-,19-10-. The van der Waals surface area contributed by atoms with Crippen LogP contribution in [0.5, 0.6) is 0 Å². The minimum Gasteiger partial charge on any atom is -0.396 e. The summed E-state index contributed by atoms with van der Waals surface area (Å²) in [6, 6.07) is 0. The van der Waals surface area contributed by atoms with Crippen molar-refractivity contribution in [2.75, 3.05) is 73.7 Å². The molecule has 2 atom stereocenters. The van der Waals surface area contributed by atoms with Crippen molar-refractivity contribution >= 4 is 137 Å². The highest BCUT2D eigenvalue weighted by Gasteiger charge is 2.03. The zero-order valence-corrected chi connectivity index (χ0v) is 28.0. The van der Waals surface area contributed by atoms with E-state index in [2.05, 4.69) is 20.6 Å². The molecule has 0 aliphatic rings. The average molecular weight is 709 g/mol. The summed E-state index contributed by atoms with van der Waals surface area (Å²) in [5.41, 5.74) is 2.82. The van der Waals surface area contributed by atoms with Crippen LogP contribution in [0.15, 0.2) is 9.98 Å². The van der Waals surface area contributed by atoms with Gasteiger partial charge < -0.3 is 20.8 Å². The van der Waals surface area contributed by atoms with Crippen LogP contribution in [0.3, 0.4) is 0 Å². The van der Waals surface area contributed by atoms with E-state index in [0.717, 1.165) is 27.0 Å². The Morgan fingerprint density at radius 3 is 1.86 bits per heavy atom. The van der Waals surface area contributed by atoms with E-state index in [4.69, 9.17) is 10.2 Å². The molecule has 37 heavy (non-hydrogen) atoms. The molecule has 0 spiro atoms. The molecule has 0 saturated heterocycles.